The molecule has 31 heavy (non-hydrogen) atoms. The number of nitrogens with zero attached hydrogens (tertiary/aromatic N) is 3. The number of nitrogens with one attached hydrogen (secondary N) is 1. The highest BCUT2D eigenvalue weighted by molar-refractivity contribution is 7.89. The summed E-state index contributed by atoms with van der Waals surface area (Å²) in [4.78, 5) is 15.3. The van der Waals surface area contributed by atoms with Gasteiger partial charge < -0.3 is 14.1 Å². The molecule has 0 unspecified atom stereocenters. The van der Waals surface area contributed by atoms with Crippen LogP contribution in [-0.2, 0) is 16.6 Å². The van der Waals surface area contributed by atoms with Crippen LogP contribution in [0.2, 0.25) is 0 Å². The van der Waals surface area contributed by atoms with Crippen LogP contribution in [0.5, 0.6) is 5.75 Å². The first-order valence-electron chi connectivity index (χ1n) is 9.73. The van der Waals surface area contributed by atoms with E-state index < -0.39 is 10.0 Å². The molecule has 1 aliphatic heterocycles. The molecule has 1 aliphatic rings. The zero-order valence-electron chi connectivity index (χ0n) is 17.1. The zero-order chi connectivity index (χ0) is 22.0. The second-order valence-electron chi connectivity index (χ2n) is 7.12. The van der Waals surface area contributed by atoms with Crippen LogP contribution in [0.15, 0.2) is 39.6 Å². The van der Waals surface area contributed by atoms with Crippen molar-refractivity contribution in [3.8, 4) is 16.5 Å². The minimum Gasteiger partial charge on any atom is -0.497 e. The SMILES string of the molecule is COc1ccc(CNS(=O)(=O)c2cc(-c3nnc(C(=O)N4CCCC4)o3)sc2C)cc1. The van der Waals surface area contributed by atoms with Crippen molar-refractivity contribution in [3.05, 3.63) is 46.7 Å². The number of methoxy groups -OCH3 is 1. The van der Waals surface area contributed by atoms with Gasteiger partial charge in [0, 0.05) is 24.5 Å². The number of likely N-dealkylation sites (tertiary alicyclic amines) is 1. The molecule has 0 radical (unpaired) electrons. The Morgan fingerprint density at radius 1 is 1.23 bits per heavy atom. The fourth-order valence-corrected chi connectivity index (χ4v) is 5.83. The van der Waals surface area contributed by atoms with Crippen LogP contribution in [0, 0.1) is 6.92 Å². The second-order valence-corrected chi connectivity index (χ2v) is 10.1. The number of rotatable bonds is 7. The number of ether oxygens (including phenoxy) is 1. The van der Waals surface area contributed by atoms with Crippen LogP contribution in [-0.4, -0.2) is 49.6 Å². The van der Waals surface area contributed by atoms with Gasteiger partial charge in [0.05, 0.1) is 16.9 Å². The highest BCUT2D eigenvalue weighted by Gasteiger charge is 2.26. The molecule has 1 aromatic carbocycles. The maximum absolute atomic E-state index is 12.8. The predicted molar refractivity (Wildman–Crippen MR) is 115 cm³/mol. The number of hydrogen-bond donors (Lipinski definition) is 1. The summed E-state index contributed by atoms with van der Waals surface area (Å²) in [6, 6.07) is 8.63. The van der Waals surface area contributed by atoms with Crippen molar-refractivity contribution in [2.75, 3.05) is 20.2 Å². The van der Waals surface area contributed by atoms with Crippen molar-refractivity contribution in [3.63, 3.8) is 0 Å². The normalized spacial score (nSPS) is 14.2. The van der Waals surface area contributed by atoms with E-state index in [0.717, 1.165) is 18.4 Å². The number of amides is 1. The minimum atomic E-state index is -3.75. The molecular weight excluding hydrogens is 440 g/mol. The molecule has 0 spiro atoms. The molecule has 9 nitrogen and oxygen atoms in total. The average Bonchev–Trinajstić information content (AvgIpc) is 3.52. The molecule has 4 rings (SSSR count). The molecule has 1 amide bonds. The second kappa shape index (κ2) is 8.77. The quantitative estimate of drug-likeness (QED) is 0.574. The summed E-state index contributed by atoms with van der Waals surface area (Å²) in [6.07, 6.45) is 1.92. The summed E-state index contributed by atoms with van der Waals surface area (Å²) < 4.78 is 38.9. The molecule has 1 N–H and O–H groups in total. The monoisotopic (exact) mass is 462 g/mol. The molecule has 3 aromatic rings. The molecule has 0 atom stereocenters. The Labute approximate surface area is 184 Å². The van der Waals surface area contributed by atoms with Gasteiger partial charge in [0.2, 0.25) is 10.0 Å². The first kappa shape index (κ1) is 21.5. The fraction of sp³-hybridized carbons (Fsp3) is 0.350. The van der Waals surface area contributed by atoms with E-state index in [9.17, 15) is 13.2 Å². The van der Waals surface area contributed by atoms with Crippen LogP contribution in [0.1, 0.15) is 34.0 Å². The van der Waals surface area contributed by atoms with Gasteiger partial charge in [-0.2, -0.15) is 0 Å². The lowest BCUT2D eigenvalue weighted by Gasteiger charge is -2.11. The number of carbonyl (C=O) groups is 1. The van der Waals surface area contributed by atoms with Gasteiger partial charge in [-0.1, -0.05) is 12.1 Å². The summed E-state index contributed by atoms with van der Waals surface area (Å²) in [6.45, 7) is 3.21. The molecule has 0 bridgehead atoms. The van der Waals surface area contributed by atoms with Crippen LogP contribution in [0.3, 0.4) is 0 Å². The van der Waals surface area contributed by atoms with Crippen molar-refractivity contribution in [1.29, 1.82) is 0 Å². The third-order valence-corrected chi connectivity index (χ3v) is 7.69. The lowest BCUT2D eigenvalue weighted by atomic mass is 10.2. The third-order valence-electron chi connectivity index (χ3n) is 5.00. The Morgan fingerprint density at radius 2 is 1.94 bits per heavy atom. The van der Waals surface area contributed by atoms with Crippen molar-refractivity contribution in [1.82, 2.24) is 19.8 Å². The van der Waals surface area contributed by atoms with Gasteiger partial charge >= 0.3 is 11.8 Å². The Kier molecular flexibility index (Phi) is 6.08. The van der Waals surface area contributed by atoms with E-state index in [0.29, 0.717) is 28.6 Å². The maximum Gasteiger partial charge on any atom is 0.311 e. The number of thiophene rings is 1. The van der Waals surface area contributed by atoms with E-state index in [1.165, 1.54) is 17.4 Å². The minimum absolute atomic E-state index is 0.0787. The average molecular weight is 463 g/mol. The Hall–Kier alpha value is -2.76. The number of carbonyl (C=O) groups excluding carboxylic acids is 1. The molecule has 11 heteroatoms. The first-order valence-corrected chi connectivity index (χ1v) is 12.0. The van der Waals surface area contributed by atoms with Gasteiger partial charge in [-0.05, 0) is 43.5 Å². The lowest BCUT2D eigenvalue weighted by Crippen LogP contribution is -2.27. The number of aromatic nitrogens is 2. The van der Waals surface area contributed by atoms with Crippen LogP contribution < -0.4 is 9.46 Å². The van der Waals surface area contributed by atoms with Crippen LogP contribution >= 0.6 is 11.3 Å². The van der Waals surface area contributed by atoms with Crippen molar-refractivity contribution in [2.45, 2.75) is 31.2 Å². The smallest absolute Gasteiger partial charge is 0.311 e. The standard InChI is InChI=1S/C20H22N4O5S2/c1-13-17(31(26,27)21-12-14-5-7-15(28-2)8-6-14)11-16(30-13)18-22-23-19(29-18)20(25)24-9-3-4-10-24/h5-8,11,21H,3-4,9-10,12H2,1-2H3. The number of benzene rings is 1. The molecular formula is C20H22N4O5S2. The number of hydrogen-bond acceptors (Lipinski definition) is 8. The summed E-state index contributed by atoms with van der Waals surface area (Å²) in [5, 5.41) is 7.80. The van der Waals surface area contributed by atoms with Gasteiger partial charge in [0.1, 0.15) is 5.75 Å². The Bertz CT molecular complexity index is 1180. The number of sulfonamides is 1. The van der Waals surface area contributed by atoms with E-state index in [2.05, 4.69) is 14.9 Å². The Balaban J connectivity index is 1.49. The van der Waals surface area contributed by atoms with Gasteiger partial charge in [0.15, 0.2) is 0 Å². The van der Waals surface area contributed by atoms with Gasteiger partial charge in [-0.3, -0.25) is 4.79 Å². The topological polar surface area (TPSA) is 115 Å². The molecule has 1 fully saturated rings. The van der Waals surface area contributed by atoms with E-state index in [4.69, 9.17) is 9.15 Å². The maximum atomic E-state index is 12.8. The summed E-state index contributed by atoms with van der Waals surface area (Å²) in [7, 11) is -2.18. The summed E-state index contributed by atoms with van der Waals surface area (Å²) >= 11 is 1.22. The van der Waals surface area contributed by atoms with Gasteiger partial charge in [-0.15, -0.1) is 21.5 Å². The highest BCUT2D eigenvalue weighted by Crippen LogP contribution is 2.33. The van der Waals surface area contributed by atoms with E-state index in [1.807, 2.05) is 0 Å². The van der Waals surface area contributed by atoms with Crippen LogP contribution in [0.25, 0.3) is 10.8 Å². The fourth-order valence-electron chi connectivity index (χ4n) is 3.30. The first-order chi connectivity index (χ1) is 14.9. The van der Waals surface area contributed by atoms with Crippen molar-refractivity contribution >= 4 is 27.3 Å². The molecule has 1 saturated heterocycles. The van der Waals surface area contributed by atoms with Crippen LogP contribution in [0.4, 0.5) is 0 Å². The molecule has 3 heterocycles. The van der Waals surface area contributed by atoms with E-state index in [1.54, 1.807) is 43.2 Å². The van der Waals surface area contributed by atoms with Crippen molar-refractivity contribution < 1.29 is 22.4 Å². The highest BCUT2D eigenvalue weighted by atomic mass is 32.2. The largest absolute Gasteiger partial charge is 0.497 e. The summed E-state index contributed by atoms with van der Waals surface area (Å²) in [5.41, 5.74) is 0.805. The van der Waals surface area contributed by atoms with E-state index >= 15 is 0 Å². The Morgan fingerprint density at radius 3 is 2.61 bits per heavy atom. The lowest BCUT2D eigenvalue weighted by molar-refractivity contribution is 0.0754. The molecule has 0 aliphatic carbocycles. The summed E-state index contributed by atoms with van der Waals surface area (Å²) in [5.74, 6) is 0.461. The molecule has 0 saturated carbocycles. The van der Waals surface area contributed by atoms with Crippen molar-refractivity contribution in [2.24, 2.45) is 0 Å². The molecule has 164 valence electrons. The van der Waals surface area contributed by atoms with Gasteiger partial charge in [-0.25, -0.2) is 13.1 Å². The zero-order valence-corrected chi connectivity index (χ0v) is 18.8. The molecule has 2 aromatic heterocycles. The third kappa shape index (κ3) is 4.63. The predicted octanol–water partition coefficient (Wildman–Crippen LogP) is 2.83. The number of aryl methyl sites for hydroxylation is 1. The van der Waals surface area contributed by atoms with E-state index in [-0.39, 0.29) is 29.1 Å². The van der Waals surface area contributed by atoms with Gasteiger partial charge in [0.25, 0.3) is 5.89 Å².